The van der Waals surface area contributed by atoms with E-state index in [9.17, 15) is 4.39 Å². The lowest BCUT2D eigenvalue weighted by Gasteiger charge is -2.19. The average Bonchev–Trinajstić information content (AvgIpc) is 1.94. The lowest BCUT2D eigenvalue weighted by molar-refractivity contribution is 0.495. The third-order valence-electron chi connectivity index (χ3n) is 1.31. The van der Waals surface area contributed by atoms with Gasteiger partial charge in [-0.25, -0.2) is 4.39 Å². The van der Waals surface area contributed by atoms with Crippen LogP contribution in [-0.4, -0.2) is 8.32 Å². The molecule has 0 aliphatic carbocycles. The SMILES string of the molecule is C[Si](C)(C)Oc1cc(I)ccc1F. The molecule has 0 fully saturated rings. The fraction of sp³-hybridized carbons (Fsp3) is 0.333. The lowest BCUT2D eigenvalue weighted by atomic mass is 10.3. The van der Waals surface area contributed by atoms with Crippen molar-refractivity contribution >= 4 is 30.9 Å². The van der Waals surface area contributed by atoms with Gasteiger partial charge in [-0.15, -0.1) is 0 Å². The van der Waals surface area contributed by atoms with Crippen molar-refractivity contribution < 1.29 is 8.82 Å². The van der Waals surface area contributed by atoms with Gasteiger partial charge >= 0.3 is 0 Å². The van der Waals surface area contributed by atoms with Crippen LogP contribution in [0.1, 0.15) is 0 Å². The van der Waals surface area contributed by atoms with E-state index >= 15 is 0 Å². The minimum absolute atomic E-state index is 0.275. The molecule has 0 aliphatic rings. The first-order valence-corrected chi connectivity index (χ1v) is 8.51. The van der Waals surface area contributed by atoms with Gasteiger partial charge < -0.3 is 4.43 Å². The Morgan fingerprint density at radius 2 is 1.92 bits per heavy atom. The van der Waals surface area contributed by atoms with E-state index in [0.717, 1.165) is 3.57 Å². The number of hydrogen-bond acceptors (Lipinski definition) is 1. The monoisotopic (exact) mass is 310 g/mol. The molecular formula is C9H12FIOSi. The predicted octanol–water partition coefficient (Wildman–Crippen LogP) is 3.64. The van der Waals surface area contributed by atoms with Gasteiger partial charge in [-0.3, -0.25) is 0 Å². The summed E-state index contributed by atoms with van der Waals surface area (Å²) < 4.78 is 19.8. The molecule has 0 amide bonds. The van der Waals surface area contributed by atoms with E-state index in [1.54, 1.807) is 12.1 Å². The van der Waals surface area contributed by atoms with Gasteiger partial charge in [-0.2, -0.15) is 0 Å². The minimum Gasteiger partial charge on any atom is -0.542 e. The van der Waals surface area contributed by atoms with Gasteiger partial charge in [0.1, 0.15) is 5.75 Å². The molecule has 4 heteroatoms. The molecule has 0 atom stereocenters. The Balaban J connectivity index is 2.94. The van der Waals surface area contributed by atoms with Gasteiger partial charge in [0.15, 0.2) is 5.82 Å². The highest BCUT2D eigenvalue weighted by atomic mass is 127. The molecule has 1 rings (SSSR count). The van der Waals surface area contributed by atoms with Crippen LogP contribution in [0.5, 0.6) is 5.75 Å². The van der Waals surface area contributed by atoms with Crippen molar-refractivity contribution in [2.24, 2.45) is 0 Å². The van der Waals surface area contributed by atoms with Crippen LogP contribution in [0.15, 0.2) is 18.2 Å². The predicted molar refractivity (Wildman–Crippen MR) is 63.1 cm³/mol. The second-order valence-corrected chi connectivity index (χ2v) is 9.46. The molecule has 1 aromatic rings. The second kappa shape index (κ2) is 3.96. The van der Waals surface area contributed by atoms with Gasteiger partial charge in [0.2, 0.25) is 8.32 Å². The molecule has 1 nitrogen and oxygen atoms in total. The summed E-state index contributed by atoms with van der Waals surface area (Å²) in [6, 6.07) is 4.90. The number of rotatable bonds is 2. The third kappa shape index (κ3) is 3.64. The van der Waals surface area contributed by atoms with Gasteiger partial charge in [0.05, 0.1) is 0 Å². The minimum atomic E-state index is -1.70. The smallest absolute Gasteiger partial charge is 0.242 e. The van der Waals surface area contributed by atoms with Crippen LogP contribution in [0.3, 0.4) is 0 Å². The first kappa shape index (κ1) is 11.0. The van der Waals surface area contributed by atoms with Crippen LogP contribution in [0.25, 0.3) is 0 Å². The molecule has 0 N–H and O–H groups in total. The normalized spacial score (nSPS) is 11.5. The maximum atomic E-state index is 13.2. The Labute approximate surface area is 92.6 Å². The average molecular weight is 310 g/mol. The summed E-state index contributed by atoms with van der Waals surface area (Å²) in [6.45, 7) is 6.10. The molecule has 1 aromatic carbocycles. The first-order chi connectivity index (χ1) is 5.88. The zero-order valence-corrected chi connectivity index (χ0v) is 11.1. The zero-order valence-electron chi connectivity index (χ0n) is 7.90. The van der Waals surface area contributed by atoms with E-state index in [0.29, 0.717) is 5.75 Å². The lowest BCUT2D eigenvalue weighted by Crippen LogP contribution is -2.29. The van der Waals surface area contributed by atoms with Crippen LogP contribution in [0, 0.1) is 9.39 Å². The van der Waals surface area contributed by atoms with Crippen LogP contribution >= 0.6 is 22.6 Å². The maximum Gasteiger partial charge on any atom is 0.242 e. The molecule has 0 heterocycles. The number of benzene rings is 1. The largest absolute Gasteiger partial charge is 0.542 e. The van der Waals surface area contributed by atoms with Gasteiger partial charge in [-0.05, 0) is 60.4 Å². The number of halogens is 2. The summed E-state index contributed by atoms with van der Waals surface area (Å²) >= 11 is 2.14. The molecule has 0 saturated carbocycles. The topological polar surface area (TPSA) is 9.23 Å². The summed E-state index contributed by atoms with van der Waals surface area (Å²) in [5.74, 6) is 0.105. The standard InChI is InChI=1S/C9H12FIOSi/c1-13(2,3)12-9-6-7(11)4-5-8(9)10/h4-6H,1-3H3. The van der Waals surface area contributed by atoms with Crippen molar-refractivity contribution in [1.29, 1.82) is 0 Å². The maximum absolute atomic E-state index is 13.2. The fourth-order valence-corrected chi connectivity index (χ4v) is 2.16. The van der Waals surface area contributed by atoms with Crippen molar-refractivity contribution in [3.63, 3.8) is 0 Å². The number of hydrogen-bond donors (Lipinski definition) is 0. The van der Waals surface area contributed by atoms with E-state index in [2.05, 4.69) is 22.6 Å². The van der Waals surface area contributed by atoms with Crippen LogP contribution in [0.2, 0.25) is 19.6 Å². The summed E-state index contributed by atoms with van der Waals surface area (Å²) in [5.41, 5.74) is 0. The van der Waals surface area contributed by atoms with Crippen molar-refractivity contribution in [1.82, 2.24) is 0 Å². The highest BCUT2D eigenvalue weighted by Crippen LogP contribution is 2.22. The molecular weight excluding hydrogens is 298 g/mol. The van der Waals surface area contributed by atoms with E-state index in [4.69, 9.17) is 4.43 Å². The summed E-state index contributed by atoms with van der Waals surface area (Å²) in [4.78, 5) is 0. The van der Waals surface area contributed by atoms with Gasteiger partial charge in [-0.1, -0.05) is 0 Å². The van der Waals surface area contributed by atoms with Crippen LogP contribution in [0.4, 0.5) is 4.39 Å². The quantitative estimate of drug-likeness (QED) is 0.598. The molecule has 0 spiro atoms. The van der Waals surface area contributed by atoms with E-state index in [-0.39, 0.29) is 5.82 Å². The second-order valence-electron chi connectivity index (χ2n) is 3.79. The molecule has 0 aromatic heterocycles. The van der Waals surface area contributed by atoms with Crippen molar-refractivity contribution in [3.05, 3.63) is 27.6 Å². The third-order valence-corrected chi connectivity index (χ3v) is 2.81. The Bertz CT molecular complexity index is 309. The summed E-state index contributed by atoms with van der Waals surface area (Å²) in [5, 5.41) is 0. The van der Waals surface area contributed by atoms with Crippen molar-refractivity contribution in [3.8, 4) is 5.75 Å². The first-order valence-electron chi connectivity index (χ1n) is 4.02. The van der Waals surface area contributed by atoms with Crippen LogP contribution < -0.4 is 4.43 Å². The van der Waals surface area contributed by atoms with E-state index in [1.165, 1.54) is 6.07 Å². The Hall–Kier alpha value is -0.103. The molecule has 13 heavy (non-hydrogen) atoms. The van der Waals surface area contributed by atoms with E-state index < -0.39 is 8.32 Å². The molecule has 0 radical (unpaired) electrons. The molecule has 0 aliphatic heterocycles. The highest BCUT2D eigenvalue weighted by Gasteiger charge is 2.18. The van der Waals surface area contributed by atoms with E-state index in [1.807, 2.05) is 19.6 Å². The molecule has 0 unspecified atom stereocenters. The van der Waals surface area contributed by atoms with Crippen molar-refractivity contribution in [2.45, 2.75) is 19.6 Å². The molecule has 72 valence electrons. The highest BCUT2D eigenvalue weighted by molar-refractivity contribution is 14.1. The van der Waals surface area contributed by atoms with Crippen molar-refractivity contribution in [2.75, 3.05) is 0 Å². The Morgan fingerprint density at radius 1 is 1.31 bits per heavy atom. The van der Waals surface area contributed by atoms with Gasteiger partial charge in [0.25, 0.3) is 0 Å². The molecule has 0 bridgehead atoms. The zero-order chi connectivity index (χ0) is 10.1. The summed E-state index contributed by atoms with van der Waals surface area (Å²) in [7, 11) is -1.70. The fourth-order valence-electron chi connectivity index (χ4n) is 0.885. The molecule has 0 saturated heterocycles. The Morgan fingerprint density at radius 3 is 2.46 bits per heavy atom. The summed E-state index contributed by atoms with van der Waals surface area (Å²) in [6.07, 6.45) is 0. The van der Waals surface area contributed by atoms with Crippen LogP contribution in [-0.2, 0) is 0 Å². The Kier molecular flexibility index (Phi) is 3.34. The van der Waals surface area contributed by atoms with Gasteiger partial charge in [0, 0.05) is 3.57 Å².